The minimum absolute atomic E-state index is 0.178. The Balaban J connectivity index is 2.14. The molecule has 0 saturated carbocycles. The minimum Gasteiger partial charge on any atom is -0.379 e. The zero-order chi connectivity index (χ0) is 12.5. The summed E-state index contributed by atoms with van der Waals surface area (Å²) in [4.78, 5) is 12.0. The number of halogens is 2. The number of rotatable bonds is 2. The van der Waals surface area contributed by atoms with E-state index in [0.717, 1.165) is 6.42 Å². The van der Waals surface area contributed by atoms with E-state index in [1.165, 1.54) is 18.2 Å². The number of amides is 1. The third-order valence-electron chi connectivity index (χ3n) is 2.81. The van der Waals surface area contributed by atoms with Gasteiger partial charge in [0.25, 0.3) is 5.91 Å². The van der Waals surface area contributed by atoms with Crippen molar-refractivity contribution < 1.29 is 13.9 Å². The topological polar surface area (TPSA) is 38.3 Å². The largest absolute Gasteiger partial charge is 0.379 e. The van der Waals surface area contributed by atoms with Gasteiger partial charge in [-0.1, -0.05) is 0 Å². The highest BCUT2D eigenvalue weighted by Gasteiger charge is 2.31. The Bertz CT molecular complexity index is 444. The Morgan fingerprint density at radius 1 is 1.59 bits per heavy atom. The molecule has 0 radical (unpaired) electrons. The van der Waals surface area contributed by atoms with Crippen LogP contribution in [-0.2, 0) is 4.74 Å². The smallest absolute Gasteiger partial charge is 0.252 e. The van der Waals surface area contributed by atoms with Crippen LogP contribution < -0.4 is 5.32 Å². The summed E-state index contributed by atoms with van der Waals surface area (Å²) in [6.45, 7) is 3.14. The highest BCUT2D eigenvalue weighted by Crippen LogP contribution is 2.20. The number of nitrogens with one attached hydrogen (secondary N) is 1. The van der Waals surface area contributed by atoms with Gasteiger partial charge in [-0.15, -0.1) is 0 Å². The maximum absolute atomic E-state index is 12.9. The van der Waals surface area contributed by atoms with Crippen molar-refractivity contribution in [2.75, 3.05) is 13.2 Å². The average Bonchev–Trinajstić information content (AvgIpc) is 2.64. The van der Waals surface area contributed by atoms with Crippen molar-refractivity contribution in [3.8, 4) is 0 Å². The van der Waals surface area contributed by atoms with Gasteiger partial charge in [0, 0.05) is 10.2 Å². The fraction of sp³-hybridized carbons (Fsp3) is 0.417. The second-order valence-corrected chi connectivity index (χ2v) is 5.60. The highest BCUT2D eigenvalue weighted by molar-refractivity contribution is 14.1. The number of hydrogen-bond acceptors (Lipinski definition) is 2. The number of carbonyl (C=O) groups is 1. The Labute approximate surface area is 113 Å². The second-order valence-electron chi connectivity index (χ2n) is 4.44. The Morgan fingerprint density at radius 3 is 2.94 bits per heavy atom. The van der Waals surface area contributed by atoms with Gasteiger partial charge in [0.2, 0.25) is 0 Å². The quantitative estimate of drug-likeness (QED) is 0.833. The Kier molecular flexibility index (Phi) is 3.67. The van der Waals surface area contributed by atoms with Gasteiger partial charge in [0.15, 0.2) is 0 Å². The number of ether oxygens (including phenoxy) is 1. The molecule has 1 aromatic carbocycles. The average molecular weight is 349 g/mol. The van der Waals surface area contributed by atoms with Crippen LogP contribution in [0.2, 0.25) is 0 Å². The summed E-state index contributed by atoms with van der Waals surface area (Å²) in [5.41, 5.74) is 0.189. The molecule has 1 unspecified atom stereocenters. The van der Waals surface area contributed by atoms with Gasteiger partial charge in [0.05, 0.1) is 17.7 Å². The fourth-order valence-corrected chi connectivity index (χ4v) is 2.50. The highest BCUT2D eigenvalue weighted by atomic mass is 127. The maximum Gasteiger partial charge on any atom is 0.252 e. The number of carbonyl (C=O) groups excluding carboxylic acids is 1. The van der Waals surface area contributed by atoms with Crippen molar-refractivity contribution in [2.45, 2.75) is 18.9 Å². The Morgan fingerprint density at radius 2 is 2.35 bits per heavy atom. The van der Waals surface area contributed by atoms with E-state index >= 15 is 0 Å². The van der Waals surface area contributed by atoms with E-state index in [0.29, 0.717) is 22.3 Å². The zero-order valence-corrected chi connectivity index (χ0v) is 11.6. The van der Waals surface area contributed by atoms with E-state index in [-0.39, 0.29) is 17.3 Å². The van der Waals surface area contributed by atoms with Gasteiger partial charge in [-0.3, -0.25) is 4.79 Å². The lowest BCUT2D eigenvalue weighted by atomic mass is 10.0. The molecule has 1 saturated heterocycles. The van der Waals surface area contributed by atoms with Crippen LogP contribution in [-0.4, -0.2) is 24.7 Å². The predicted octanol–water partition coefficient (Wildman–Crippen LogP) is 2.34. The summed E-state index contributed by atoms with van der Waals surface area (Å²) < 4.78 is 18.8. The van der Waals surface area contributed by atoms with E-state index in [2.05, 4.69) is 5.32 Å². The molecule has 0 aliphatic carbocycles. The van der Waals surface area contributed by atoms with Crippen LogP contribution in [0.15, 0.2) is 18.2 Å². The predicted molar refractivity (Wildman–Crippen MR) is 70.4 cm³/mol. The number of benzene rings is 1. The summed E-state index contributed by atoms with van der Waals surface area (Å²) in [7, 11) is 0. The van der Waals surface area contributed by atoms with E-state index < -0.39 is 0 Å². The molecule has 1 aromatic rings. The standard InChI is InChI=1S/C12H13FINO2/c1-12(4-5-17-7-12)15-11(16)9-3-2-8(13)6-10(9)14/h2-3,6H,4-5,7H2,1H3,(H,15,16). The molecule has 1 fully saturated rings. The van der Waals surface area contributed by atoms with Gasteiger partial charge < -0.3 is 10.1 Å². The molecular formula is C12H13FINO2. The van der Waals surface area contributed by atoms with Gasteiger partial charge in [-0.25, -0.2) is 4.39 Å². The van der Waals surface area contributed by atoms with Crippen molar-refractivity contribution in [1.29, 1.82) is 0 Å². The van der Waals surface area contributed by atoms with Crippen molar-refractivity contribution >= 4 is 28.5 Å². The minimum atomic E-state index is -0.332. The molecule has 17 heavy (non-hydrogen) atoms. The molecule has 1 amide bonds. The Hall–Kier alpha value is -0.690. The molecular weight excluding hydrogens is 336 g/mol. The van der Waals surface area contributed by atoms with Crippen LogP contribution in [0.4, 0.5) is 4.39 Å². The van der Waals surface area contributed by atoms with E-state index in [9.17, 15) is 9.18 Å². The van der Waals surface area contributed by atoms with Crippen LogP contribution in [0.1, 0.15) is 23.7 Å². The molecule has 92 valence electrons. The van der Waals surface area contributed by atoms with Crippen LogP contribution >= 0.6 is 22.6 Å². The molecule has 5 heteroatoms. The van der Waals surface area contributed by atoms with Crippen LogP contribution in [0.3, 0.4) is 0 Å². The van der Waals surface area contributed by atoms with Gasteiger partial charge >= 0.3 is 0 Å². The summed E-state index contributed by atoms with van der Waals surface area (Å²) in [6.07, 6.45) is 0.802. The molecule has 1 N–H and O–H groups in total. The van der Waals surface area contributed by atoms with Gasteiger partial charge in [-0.2, -0.15) is 0 Å². The lowest BCUT2D eigenvalue weighted by Gasteiger charge is -2.23. The fourth-order valence-electron chi connectivity index (χ4n) is 1.78. The van der Waals surface area contributed by atoms with Crippen molar-refractivity contribution in [3.63, 3.8) is 0 Å². The molecule has 3 nitrogen and oxygen atoms in total. The van der Waals surface area contributed by atoms with Gasteiger partial charge in [-0.05, 0) is 54.1 Å². The van der Waals surface area contributed by atoms with Crippen LogP contribution in [0.25, 0.3) is 0 Å². The second kappa shape index (κ2) is 4.89. The van der Waals surface area contributed by atoms with E-state index in [1.807, 2.05) is 29.5 Å². The van der Waals surface area contributed by atoms with Crippen LogP contribution in [0, 0.1) is 9.39 Å². The van der Waals surface area contributed by atoms with Crippen molar-refractivity contribution in [2.24, 2.45) is 0 Å². The van der Waals surface area contributed by atoms with Crippen molar-refractivity contribution in [3.05, 3.63) is 33.1 Å². The summed E-state index contributed by atoms with van der Waals surface area (Å²) in [5.74, 6) is -0.510. The zero-order valence-electron chi connectivity index (χ0n) is 9.43. The molecule has 0 bridgehead atoms. The molecule has 0 aromatic heterocycles. The molecule has 1 atom stereocenters. The first-order valence-electron chi connectivity index (χ1n) is 5.35. The van der Waals surface area contributed by atoms with Crippen LogP contribution in [0.5, 0.6) is 0 Å². The molecule has 0 spiro atoms. The monoisotopic (exact) mass is 349 g/mol. The molecule has 1 aliphatic heterocycles. The molecule has 1 aliphatic rings. The third-order valence-corrected chi connectivity index (χ3v) is 3.70. The normalized spacial score (nSPS) is 23.7. The molecule has 1 heterocycles. The van der Waals surface area contributed by atoms with Gasteiger partial charge in [0.1, 0.15) is 5.82 Å². The number of hydrogen-bond donors (Lipinski definition) is 1. The lowest BCUT2D eigenvalue weighted by Crippen LogP contribution is -2.46. The first-order chi connectivity index (χ1) is 8.00. The van der Waals surface area contributed by atoms with E-state index in [1.54, 1.807) is 0 Å². The van der Waals surface area contributed by atoms with Crippen molar-refractivity contribution in [1.82, 2.24) is 5.32 Å². The maximum atomic E-state index is 12.9. The summed E-state index contributed by atoms with van der Waals surface area (Å²) in [5, 5.41) is 2.94. The summed E-state index contributed by atoms with van der Waals surface area (Å²) >= 11 is 1.96. The first-order valence-corrected chi connectivity index (χ1v) is 6.43. The third kappa shape index (κ3) is 2.95. The molecule has 2 rings (SSSR count). The summed E-state index contributed by atoms with van der Waals surface area (Å²) in [6, 6.07) is 4.15. The van der Waals surface area contributed by atoms with E-state index in [4.69, 9.17) is 4.74 Å². The SMILES string of the molecule is CC1(NC(=O)c2ccc(F)cc2I)CCOC1. The first kappa shape index (κ1) is 12.8. The lowest BCUT2D eigenvalue weighted by molar-refractivity contribution is 0.0889.